The highest BCUT2D eigenvalue weighted by Gasteiger charge is 2.44. The molecule has 1 aromatic rings. The summed E-state index contributed by atoms with van der Waals surface area (Å²) in [6.45, 7) is 0.757. The van der Waals surface area contributed by atoms with Crippen LogP contribution in [0.2, 0.25) is 0 Å². The van der Waals surface area contributed by atoms with Gasteiger partial charge in [-0.2, -0.15) is 0 Å². The van der Waals surface area contributed by atoms with Gasteiger partial charge in [0.1, 0.15) is 0 Å². The maximum absolute atomic E-state index is 12.2. The van der Waals surface area contributed by atoms with E-state index in [-0.39, 0.29) is 17.2 Å². The van der Waals surface area contributed by atoms with E-state index in [0.29, 0.717) is 11.8 Å². The fourth-order valence-corrected chi connectivity index (χ4v) is 3.80. The van der Waals surface area contributed by atoms with Crippen molar-refractivity contribution in [3.8, 4) is 0 Å². The maximum Gasteiger partial charge on any atom is 0.223 e. The molecule has 2 fully saturated rings. The van der Waals surface area contributed by atoms with Crippen molar-refractivity contribution in [3.63, 3.8) is 0 Å². The van der Waals surface area contributed by atoms with Gasteiger partial charge in [-0.05, 0) is 30.7 Å². The Morgan fingerprint density at radius 2 is 1.95 bits per heavy atom. The molecule has 108 valence electrons. The third-order valence-corrected chi connectivity index (χ3v) is 5.51. The van der Waals surface area contributed by atoms with E-state index in [0.717, 1.165) is 25.8 Å². The predicted molar refractivity (Wildman–Crippen MR) is 81.9 cm³/mol. The average Bonchev–Trinajstić information content (AvgIpc) is 3.17. The van der Waals surface area contributed by atoms with Gasteiger partial charge in [0.15, 0.2) is 0 Å². The molecule has 1 amide bonds. The van der Waals surface area contributed by atoms with Crippen LogP contribution in [0.4, 0.5) is 0 Å². The molecular formula is C17H22ClNO. The van der Waals surface area contributed by atoms with Gasteiger partial charge < -0.3 is 5.32 Å². The van der Waals surface area contributed by atoms with Gasteiger partial charge >= 0.3 is 0 Å². The number of benzene rings is 1. The Morgan fingerprint density at radius 1 is 1.25 bits per heavy atom. The normalized spacial score (nSPS) is 27.2. The number of alkyl halides is 1. The Labute approximate surface area is 125 Å². The Kier molecular flexibility index (Phi) is 4.02. The Bertz CT molecular complexity index is 467. The molecule has 3 heteroatoms. The van der Waals surface area contributed by atoms with Crippen molar-refractivity contribution >= 4 is 17.5 Å². The Hall–Kier alpha value is -1.02. The molecule has 1 aromatic carbocycles. The van der Waals surface area contributed by atoms with E-state index < -0.39 is 0 Å². The molecule has 0 heterocycles. The summed E-state index contributed by atoms with van der Waals surface area (Å²) >= 11 is 6.12. The summed E-state index contributed by atoms with van der Waals surface area (Å²) in [6, 6.07) is 10.4. The van der Waals surface area contributed by atoms with Gasteiger partial charge in [-0.3, -0.25) is 4.79 Å². The van der Waals surface area contributed by atoms with Crippen LogP contribution in [-0.2, 0) is 4.79 Å². The minimum Gasteiger partial charge on any atom is -0.355 e. The summed E-state index contributed by atoms with van der Waals surface area (Å²) in [6.07, 6.45) is 5.80. The van der Waals surface area contributed by atoms with Gasteiger partial charge in [-0.15, -0.1) is 11.6 Å². The smallest absolute Gasteiger partial charge is 0.223 e. The standard InChI is InChI=1S/C17H22ClNO/c18-11-17(8-4-5-9-17)12-19-16(20)15-10-14(15)13-6-2-1-3-7-13/h1-3,6-7,14-15H,4-5,8-12H2,(H,19,20). The number of amides is 1. The zero-order valence-corrected chi connectivity index (χ0v) is 12.5. The molecular weight excluding hydrogens is 270 g/mol. The number of carbonyl (C=O) groups is 1. The monoisotopic (exact) mass is 291 g/mol. The van der Waals surface area contributed by atoms with E-state index in [4.69, 9.17) is 11.6 Å². The lowest BCUT2D eigenvalue weighted by molar-refractivity contribution is -0.122. The summed E-state index contributed by atoms with van der Waals surface area (Å²) in [7, 11) is 0. The summed E-state index contributed by atoms with van der Waals surface area (Å²) in [5, 5.41) is 3.15. The summed E-state index contributed by atoms with van der Waals surface area (Å²) in [5.41, 5.74) is 1.45. The first-order valence-electron chi connectivity index (χ1n) is 7.63. The van der Waals surface area contributed by atoms with Crippen molar-refractivity contribution in [3.05, 3.63) is 35.9 Å². The fraction of sp³-hybridized carbons (Fsp3) is 0.588. The first-order chi connectivity index (χ1) is 9.74. The van der Waals surface area contributed by atoms with Crippen LogP contribution in [0.1, 0.15) is 43.6 Å². The van der Waals surface area contributed by atoms with Gasteiger partial charge in [0.25, 0.3) is 0 Å². The van der Waals surface area contributed by atoms with E-state index in [2.05, 4.69) is 17.4 Å². The van der Waals surface area contributed by atoms with Crippen molar-refractivity contribution in [2.75, 3.05) is 12.4 Å². The quantitative estimate of drug-likeness (QED) is 0.823. The van der Waals surface area contributed by atoms with E-state index >= 15 is 0 Å². The highest BCUT2D eigenvalue weighted by molar-refractivity contribution is 6.18. The second-order valence-electron chi connectivity index (χ2n) is 6.42. The molecule has 0 bridgehead atoms. The number of hydrogen-bond donors (Lipinski definition) is 1. The second kappa shape index (κ2) is 5.77. The van der Waals surface area contributed by atoms with Gasteiger partial charge in [-0.1, -0.05) is 43.2 Å². The fourth-order valence-electron chi connectivity index (χ4n) is 3.44. The van der Waals surface area contributed by atoms with Gasteiger partial charge in [0, 0.05) is 23.8 Å². The number of carbonyl (C=O) groups excluding carboxylic acids is 1. The molecule has 2 nitrogen and oxygen atoms in total. The van der Waals surface area contributed by atoms with Crippen LogP contribution >= 0.6 is 11.6 Å². The molecule has 0 radical (unpaired) electrons. The molecule has 2 unspecified atom stereocenters. The molecule has 2 atom stereocenters. The third-order valence-electron chi connectivity index (χ3n) is 4.94. The minimum atomic E-state index is 0.161. The van der Waals surface area contributed by atoms with Crippen molar-refractivity contribution in [1.82, 2.24) is 5.32 Å². The largest absolute Gasteiger partial charge is 0.355 e. The molecule has 1 N–H and O–H groups in total. The zero-order chi connectivity index (χ0) is 14.0. The lowest BCUT2D eigenvalue weighted by Gasteiger charge is -2.26. The van der Waals surface area contributed by atoms with Crippen LogP contribution in [0.15, 0.2) is 30.3 Å². The van der Waals surface area contributed by atoms with Crippen LogP contribution in [0.25, 0.3) is 0 Å². The van der Waals surface area contributed by atoms with Crippen LogP contribution < -0.4 is 5.32 Å². The van der Waals surface area contributed by atoms with E-state index in [1.807, 2.05) is 18.2 Å². The Morgan fingerprint density at radius 3 is 2.60 bits per heavy atom. The molecule has 3 rings (SSSR count). The van der Waals surface area contributed by atoms with Gasteiger partial charge in [-0.25, -0.2) is 0 Å². The molecule has 2 aliphatic carbocycles. The number of hydrogen-bond acceptors (Lipinski definition) is 1. The van der Waals surface area contributed by atoms with Crippen LogP contribution in [0, 0.1) is 11.3 Å². The first kappa shape index (κ1) is 13.9. The molecule has 0 saturated heterocycles. The molecule has 2 saturated carbocycles. The summed E-state index contributed by atoms with van der Waals surface area (Å²) in [4.78, 5) is 12.2. The number of nitrogens with one attached hydrogen (secondary N) is 1. The van der Waals surface area contributed by atoms with Crippen molar-refractivity contribution < 1.29 is 4.79 Å². The third kappa shape index (κ3) is 2.85. The first-order valence-corrected chi connectivity index (χ1v) is 8.16. The zero-order valence-electron chi connectivity index (χ0n) is 11.8. The van der Waals surface area contributed by atoms with E-state index in [9.17, 15) is 4.79 Å². The Balaban J connectivity index is 1.51. The molecule has 0 spiro atoms. The molecule has 0 aromatic heterocycles. The number of halogens is 1. The molecule has 0 aliphatic heterocycles. The summed E-state index contributed by atoms with van der Waals surface area (Å²) in [5.74, 6) is 1.48. The summed E-state index contributed by atoms with van der Waals surface area (Å²) < 4.78 is 0. The maximum atomic E-state index is 12.2. The number of rotatable bonds is 5. The van der Waals surface area contributed by atoms with E-state index in [1.165, 1.54) is 18.4 Å². The second-order valence-corrected chi connectivity index (χ2v) is 6.69. The minimum absolute atomic E-state index is 0.161. The van der Waals surface area contributed by atoms with Crippen LogP contribution in [0.5, 0.6) is 0 Å². The highest BCUT2D eigenvalue weighted by Crippen LogP contribution is 2.47. The van der Waals surface area contributed by atoms with Crippen molar-refractivity contribution in [2.45, 2.75) is 38.0 Å². The van der Waals surface area contributed by atoms with Crippen LogP contribution in [-0.4, -0.2) is 18.3 Å². The molecule has 2 aliphatic rings. The van der Waals surface area contributed by atoms with Crippen molar-refractivity contribution in [2.24, 2.45) is 11.3 Å². The highest BCUT2D eigenvalue weighted by atomic mass is 35.5. The van der Waals surface area contributed by atoms with Crippen LogP contribution in [0.3, 0.4) is 0 Å². The van der Waals surface area contributed by atoms with Gasteiger partial charge in [0.05, 0.1) is 0 Å². The van der Waals surface area contributed by atoms with Gasteiger partial charge in [0.2, 0.25) is 5.91 Å². The lowest BCUT2D eigenvalue weighted by Crippen LogP contribution is -2.38. The lowest BCUT2D eigenvalue weighted by atomic mass is 9.88. The average molecular weight is 292 g/mol. The predicted octanol–water partition coefficient (Wildman–Crippen LogP) is 3.71. The topological polar surface area (TPSA) is 29.1 Å². The van der Waals surface area contributed by atoms with Crippen molar-refractivity contribution in [1.29, 1.82) is 0 Å². The molecule has 20 heavy (non-hydrogen) atoms. The SMILES string of the molecule is O=C(NCC1(CCl)CCCC1)C1CC1c1ccccc1. The van der Waals surface area contributed by atoms with E-state index in [1.54, 1.807) is 0 Å².